The average molecular weight is 468 g/mol. The molecule has 5 aromatic rings. The number of fused-ring (bicyclic) bond motifs is 2. The van der Waals surface area contributed by atoms with Crippen molar-refractivity contribution >= 4 is 60.8 Å². The number of aromatic nitrogens is 1. The van der Waals surface area contributed by atoms with Crippen LogP contribution in [-0.2, 0) is 0 Å². The van der Waals surface area contributed by atoms with Gasteiger partial charge >= 0.3 is 5.13 Å². The van der Waals surface area contributed by atoms with E-state index in [-0.39, 0.29) is 0 Å². The van der Waals surface area contributed by atoms with Gasteiger partial charge in [-0.3, -0.25) is 0 Å². The number of nitrogens with two attached hydrogens (primary N) is 1. The topological polar surface area (TPSA) is 78.3 Å². The Kier molecular flexibility index (Phi) is 6.46. The smallest absolute Gasteiger partial charge is 0.307 e. The van der Waals surface area contributed by atoms with Crippen molar-refractivity contribution in [2.24, 2.45) is 10.2 Å². The fraction of sp³-hybridized carbons (Fsp3) is 0.148. The Labute approximate surface area is 202 Å². The number of quaternary nitrogens is 1. The summed E-state index contributed by atoms with van der Waals surface area (Å²) < 4.78 is 0. The third-order valence-corrected chi connectivity index (χ3v) is 6.61. The second kappa shape index (κ2) is 9.99. The quantitative estimate of drug-likeness (QED) is 0.127. The van der Waals surface area contributed by atoms with Gasteiger partial charge in [0.05, 0.1) is 17.1 Å². The van der Waals surface area contributed by atoms with Gasteiger partial charge in [-0.2, -0.15) is 10.4 Å². The molecule has 1 atom stereocenters. The summed E-state index contributed by atoms with van der Waals surface area (Å²) in [6, 6.07) is 25.2. The van der Waals surface area contributed by atoms with Crippen molar-refractivity contribution in [3.8, 4) is 0 Å². The molecule has 0 fully saturated rings. The van der Waals surface area contributed by atoms with Crippen LogP contribution in [0, 0.1) is 0 Å². The molecule has 5 rings (SSSR count). The number of thiazole rings is 1. The number of hydrogen-bond acceptors (Lipinski definition) is 6. The van der Waals surface area contributed by atoms with Crippen LogP contribution in [0.15, 0.2) is 94.6 Å². The van der Waals surface area contributed by atoms with Crippen LogP contribution in [-0.4, -0.2) is 11.0 Å². The molecule has 0 bridgehead atoms. The van der Waals surface area contributed by atoms with E-state index in [1.807, 2.05) is 47.2 Å². The molecule has 0 amide bonds. The average Bonchev–Trinajstić information content (AvgIpc) is 3.41. The van der Waals surface area contributed by atoms with Gasteiger partial charge in [0.2, 0.25) is 0 Å². The van der Waals surface area contributed by atoms with Crippen molar-refractivity contribution in [1.29, 1.82) is 0 Å². The zero-order valence-electron chi connectivity index (χ0n) is 19.2. The molecule has 7 heteroatoms. The first kappa shape index (κ1) is 22.0. The van der Waals surface area contributed by atoms with Crippen LogP contribution in [0.1, 0.15) is 20.3 Å². The molecule has 1 unspecified atom stereocenters. The van der Waals surface area contributed by atoms with Gasteiger partial charge in [0.25, 0.3) is 0 Å². The fourth-order valence-electron chi connectivity index (χ4n) is 3.91. The van der Waals surface area contributed by atoms with E-state index in [1.54, 1.807) is 17.5 Å². The van der Waals surface area contributed by atoms with Crippen molar-refractivity contribution in [2.75, 3.05) is 10.7 Å². The van der Waals surface area contributed by atoms with Gasteiger partial charge in [-0.15, -0.1) is 10.2 Å². The standard InChI is InChI=1S/C27H26N6S/c1-3-18(2)29-23-12-13-24(20-9-5-4-8-19(20)23)30-31-25-14-15-26(22-11-7-6-10-21(22)25)32-33-27-28-16-17-34-27/h4-18,29,32H,3H2,1-2H3,(H,28,33)/p+1. The lowest BCUT2D eigenvalue weighted by Crippen LogP contribution is -2.82. The third-order valence-electron chi connectivity index (χ3n) is 5.88. The van der Waals surface area contributed by atoms with Crippen LogP contribution in [0.3, 0.4) is 0 Å². The van der Waals surface area contributed by atoms with E-state index in [9.17, 15) is 0 Å². The summed E-state index contributed by atoms with van der Waals surface area (Å²) in [5, 5.41) is 20.2. The van der Waals surface area contributed by atoms with Crippen LogP contribution < -0.4 is 16.2 Å². The number of nitrogen functional groups attached to an aromatic ring is 1. The van der Waals surface area contributed by atoms with Gasteiger partial charge in [0.15, 0.2) is 0 Å². The zero-order valence-corrected chi connectivity index (χ0v) is 20.0. The van der Waals surface area contributed by atoms with Crippen LogP contribution >= 0.6 is 11.3 Å². The van der Waals surface area contributed by atoms with Gasteiger partial charge in [0.1, 0.15) is 0 Å². The van der Waals surface area contributed by atoms with Crippen molar-refractivity contribution in [3.05, 3.63) is 84.4 Å². The van der Waals surface area contributed by atoms with Crippen LogP contribution in [0.5, 0.6) is 0 Å². The number of hydrogen-bond donors (Lipinski definition) is 3. The molecule has 4 aromatic carbocycles. The Bertz CT molecular complexity index is 1440. The van der Waals surface area contributed by atoms with Crippen molar-refractivity contribution in [3.63, 3.8) is 0 Å². The Morgan fingerprint density at radius 1 is 0.824 bits per heavy atom. The Balaban J connectivity index is 1.48. The Morgan fingerprint density at radius 2 is 1.41 bits per heavy atom. The summed E-state index contributed by atoms with van der Waals surface area (Å²) in [4.78, 5) is 4.31. The SMILES string of the molecule is CCC(C)Nc1ccc(N=Nc2ccc(N[NH2+]c3nccs3)c3ccccc23)c2ccccc12. The second-order valence-electron chi connectivity index (χ2n) is 8.17. The summed E-state index contributed by atoms with van der Waals surface area (Å²) in [5.41, 5.74) is 9.14. The molecule has 0 radical (unpaired) electrons. The molecule has 0 aliphatic rings. The minimum absolute atomic E-state index is 0.405. The molecule has 170 valence electrons. The molecule has 34 heavy (non-hydrogen) atoms. The fourth-order valence-corrected chi connectivity index (χ4v) is 4.42. The summed E-state index contributed by atoms with van der Waals surface area (Å²) in [6.45, 7) is 4.38. The van der Waals surface area contributed by atoms with Crippen molar-refractivity contribution in [2.45, 2.75) is 26.3 Å². The number of nitrogens with zero attached hydrogens (tertiary/aromatic N) is 3. The number of nitrogens with one attached hydrogen (secondary N) is 2. The first-order valence-electron chi connectivity index (χ1n) is 11.4. The number of azo groups is 1. The molecule has 0 spiro atoms. The van der Waals surface area contributed by atoms with Crippen molar-refractivity contribution in [1.82, 2.24) is 4.98 Å². The summed E-state index contributed by atoms with van der Waals surface area (Å²) in [6.07, 6.45) is 2.87. The van der Waals surface area contributed by atoms with Gasteiger partial charge in [-0.25, -0.2) is 5.43 Å². The van der Waals surface area contributed by atoms with Gasteiger partial charge in [-0.05, 0) is 37.6 Å². The largest absolute Gasteiger partial charge is 0.382 e. The monoisotopic (exact) mass is 467 g/mol. The van der Waals surface area contributed by atoms with E-state index in [4.69, 9.17) is 0 Å². The zero-order chi connectivity index (χ0) is 23.3. The molecule has 0 aliphatic heterocycles. The van der Waals surface area contributed by atoms with E-state index in [1.165, 1.54) is 0 Å². The molecule has 0 aliphatic carbocycles. The van der Waals surface area contributed by atoms with Gasteiger partial charge in [-0.1, -0.05) is 66.8 Å². The highest BCUT2D eigenvalue weighted by atomic mass is 32.1. The third kappa shape index (κ3) is 4.62. The lowest BCUT2D eigenvalue weighted by molar-refractivity contribution is -0.537. The molecule has 0 saturated carbocycles. The predicted octanol–water partition coefficient (Wildman–Crippen LogP) is 7.30. The number of anilines is 2. The maximum atomic E-state index is 4.67. The Morgan fingerprint density at radius 3 is 2.00 bits per heavy atom. The molecular weight excluding hydrogens is 440 g/mol. The van der Waals surface area contributed by atoms with E-state index in [2.05, 4.69) is 76.2 Å². The lowest BCUT2D eigenvalue weighted by Gasteiger charge is -2.16. The van der Waals surface area contributed by atoms with Crippen LogP contribution in [0.4, 0.5) is 27.9 Å². The normalized spacial score (nSPS) is 12.4. The summed E-state index contributed by atoms with van der Waals surface area (Å²) in [5.74, 6) is 0. The first-order chi connectivity index (χ1) is 16.7. The highest BCUT2D eigenvalue weighted by Gasteiger charge is 2.10. The molecular formula is C27H27N6S+. The first-order valence-corrected chi connectivity index (χ1v) is 12.3. The van der Waals surface area contributed by atoms with Crippen LogP contribution in [0.25, 0.3) is 21.5 Å². The lowest BCUT2D eigenvalue weighted by atomic mass is 10.1. The molecule has 4 N–H and O–H groups in total. The summed E-state index contributed by atoms with van der Waals surface area (Å²) in [7, 11) is 0. The number of benzene rings is 4. The van der Waals surface area contributed by atoms with Gasteiger partial charge in [0, 0.05) is 44.9 Å². The van der Waals surface area contributed by atoms with E-state index < -0.39 is 0 Å². The Hall–Kier alpha value is -3.81. The van der Waals surface area contributed by atoms with Gasteiger partial charge < -0.3 is 5.32 Å². The second-order valence-corrected chi connectivity index (χ2v) is 9.09. The maximum absolute atomic E-state index is 4.67. The van der Waals surface area contributed by atoms with Crippen molar-refractivity contribution < 1.29 is 5.43 Å². The minimum Gasteiger partial charge on any atom is -0.382 e. The molecule has 0 saturated heterocycles. The van der Waals surface area contributed by atoms with E-state index >= 15 is 0 Å². The summed E-state index contributed by atoms with van der Waals surface area (Å²) >= 11 is 1.60. The predicted molar refractivity (Wildman–Crippen MR) is 143 cm³/mol. The molecule has 1 aromatic heterocycles. The van der Waals surface area contributed by atoms with E-state index in [0.29, 0.717) is 6.04 Å². The number of rotatable bonds is 8. The maximum Gasteiger partial charge on any atom is 0.307 e. The van der Waals surface area contributed by atoms with Crippen LogP contribution in [0.2, 0.25) is 0 Å². The minimum atomic E-state index is 0.405. The highest BCUT2D eigenvalue weighted by molar-refractivity contribution is 7.12. The molecule has 6 nitrogen and oxygen atoms in total. The molecule has 1 heterocycles. The highest BCUT2D eigenvalue weighted by Crippen LogP contribution is 2.36. The van der Waals surface area contributed by atoms with E-state index in [0.717, 1.165) is 55.8 Å².